The maximum atomic E-state index is 12.0. The molecule has 1 rings (SSSR count). The fraction of sp³-hybridized carbons (Fsp3) is 0.500. The predicted molar refractivity (Wildman–Crippen MR) is 80.9 cm³/mol. The second kappa shape index (κ2) is 8.35. The summed E-state index contributed by atoms with van der Waals surface area (Å²) in [5.41, 5.74) is 1.05. The van der Waals surface area contributed by atoms with Gasteiger partial charge in [0.05, 0.1) is 0 Å². The molecule has 0 saturated carbocycles. The first-order valence-corrected chi connectivity index (χ1v) is 7.27. The Morgan fingerprint density at radius 1 is 1.15 bits per heavy atom. The first-order chi connectivity index (χ1) is 9.58. The molecule has 4 heteroatoms. The molecular weight excluding hydrogens is 252 g/mol. The highest BCUT2D eigenvalue weighted by Gasteiger charge is 2.11. The summed E-state index contributed by atoms with van der Waals surface area (Å²) in [6.45, 7) is 6.71. The van der Waals surface area contributed by atoms with Crippen LogP contribution < -0.4 is 10.6 Å². The van der Waals surface area contributed by atoms with Gasteiger partial charge in [-0.15, -0.1) is 0 Å². The molecule has 1 aromatic carbocycles. The molecule has 0 aliphatic rings. The summed E-state index contributed by atoms with van der Waals surface area (Å²) < 4.78 is 0. The normalized spacial score (nSPS) is 11.8. The summed E-state index contributed by atoms with van der Waals surface area (Å²) in [4.78, 5) is 23.9. The Morgan fingerprint density at radius 3 is 2.40 bits per heavy atom. The van der Waals surface area contributed by atoms with Crippen molar-refractivity contribution in [2.45, 2.75) is 46.1 Å². The SMILES string of the molecule is CCCCNC(=O)c1cccc(C(=O)NC(C)CC)c1. The van der Waals surface area contributed by atoms with Gasteiger partial charge in [-0.2, -0.15) is 0 Å². The average molecular weight is 276 g/mol. The van der Waals surface area contributed by atoms with E-state index < -0.39 is 0 Å². The standard InChI is InChI=1S/C16H24N2O2/c1-4-6-10-17-15(19)13-8-7-9-14(11-13)16(20)18-12(3)5-2/h7-9,11-12H,4-6,10H2,1-3H3,(H,17,19)(H,18,20). The van der Waals surface area contributed by atoms with Gasteiger partial charge in [0.15, 0.2) is 0 Å². The molecular formula is C16H24N2O2. The maximum Gasteiger partial charge on any atom is 0.251 e. The van der Waals surface area contributed by atoms with Gasteiger partial charge in [0.25, 0.3) is 11.8 Å². The maximum absolute atomic E-state index is 12.0. The molecule has 0 radical (unpaired) electrons. The van der Waals surface area contributed by atoms with Gasteiger partial charge >= 0.3 is 0 Å². The number of hydrogen-bond acceptors (Lipinski definition) is 2. The van der Waals surface area contributed by atoms with Crippen LogP contribution >= 0.6 is 0 Å². The van der Waals surface area contributed by atoms with Gasteiger partial charge in [-0.25, -0.2) is 0 Å². The van der Waals surface area contributed by atoms with Crippen molar-refractivity contribution in [2.24, 2.45) is 0 Å². The number of nitrogens with one attached hydrogen (secondary N) is 2. The Bertz CT molecular complexity index is 458. The molecule has 0 heterocycles. The van der Waals surface area contributed by atoms with Gasteiger partial charge in [0, 0.05) is 23.7 Å². The van der Waals surface area contributed by atoms with Gasteiger partial charge in [-0.05, 0) is 38.0 Å². The third-order valence-corrected chi connectivity index (χ3v) is 3.19. The second-order valence-corrected chi connectivity index (χ2v) is 4.97. The van der Waals surface area contributed by atoms with E-state index in [1.165, 1.54) is 0 Å². The Hall–Kier alpha value is -1.84. The van der Waals surface area contributed by atoms with Crippen LogP contribution in [0.2, 0.25) is 0 Å². The van der Waals surface area contributed by atoms with Gasteiger partial charge in [0.1, 0.15) is 0 Å². The summed E-state index contributed by atoms with van der Waals surface area (Å²) in [6.07, 6.45) is 2.88. The summed E-state index contributed by atoms with van der Waals surface area (Å²) >= 11 is 0. The van der Waals surface area contributed by atoms with Crippen molar-refractivity contribution in [3.63, 3.8) is 0 Å². The minimum Gasteiger partial charge on any atom is -0.352 e. The lowest BCUT2D eigenvalue weighted by Crippen LogP contribution is -2.32. The minimum absolute atomic E-state index is 0.128. The third kappa shape index (κ3) is 5.03. The lowest BCUT2D eigenvalue weighted by atomic mass is 10.1. The molecule has 0 fully saturated rings. The fourth-order valence-electron chi connectivity index (χ4n) is 1.69. The Labute approximate surface area is 121 Å². The molecule has 2 N–H and O–H groups in total. The zero-order valence-corrected chi connectivity index (χ0v) is 12.5. The summed E-state index contributed by atoms with van der Waals surface area (Å²) in [5, 5.41) is 5.74. The Kier molecular flexibility index (Phi) is 6.77. The largest absolute Gasteiger partial charge is 0.352 e. The molecule has 1 unspecified atom stereocenters. The Balaban J connectivity index is 2.70. The smallest absolute Gasteiger partial charge is 0.251 e. The van der Waals surface area contributed by atoms with Crippen molar-refractivity contribution in [3.05, 3.63) is 35.4 Å². The molecule has 0 spiro atoms. The van der Waals surface area contributed by atoms with E-state index in [4.69, 9.17) is 0 Å². The van der Waals surface area contributed by atoms with E-state index in [1.54, 1.807) is 24.3 Å². The quantitative estimate of drug-likeness (QED) is 0.752. The number of unbranched alkanes of at least 4 members (excludes halogenated alkanes) is 1. The first-order valence-electron chi connectivity index (χ1n) is 7.27. The monoisotopic (exact) mass is 276 g/mol. The molecule has 110 valence electrons. The first kappa shape index (κ1) is 16.2. The van der Waals surface area contributed by atoms with Crippen LogP contribution in [0.25, 0.3) is 0 Å². The zero-order valence-electron chi connectivity index (χ0n) is 12.5. The molecule has 0 aliphatic carbocycles. The van der Waals surface area contributed by atoms with E-state index in [0.717, 1.165) is 19.3 Å². The predicted octanol–water partition coefficient (Wildman–Crippen LogP) is 2.74. The molecule has 1 aromatic rings. The van der Waals surface area contributed by atoms with Crippen molar-refractivity contribution in [2.75, 3.05) is 6.54 Å². The number of hydrogen-bond donors (Lipinski definition) is 2. The summed E-state index contributed by atoms with van der Waals surface area (Å²) in [5.74, 6) is -0.265. The van der Waals surface area contributed by atoms with E-state index in [0.29, 0.717) is 17.7 Å². The molecule has 0 bridgehead atoms. The van der Waals surface area contributed by atoms with E-state index in [2.05, 4.69) is 17.6 Å². The molecule has 0 aliphatic heterocycles. The van der Waals surface area contributed by atoms with Gasteiger partial charge in [-0.1, -0.05) is 26.3 Å². The van der Waals surface area contributed by atoms with Crippen molar-refractivity contribution >= 4 is 11.8 Å². The molecule has 0 saturated heterocycles. The highest BCUT2D eigenvalue weighted by atomic mass is 16.2. The van der Waals surface area contributed by atoms with Crippen molar-refractivity contribution in [3.8, 4) is 0 Å². The van der Waals surface area contributed by atoms with Crippen molar-refractivity contribution < 1.29 is 9.59 Å². The van der Waals surface area contributed by atoms with Crippen LogP contribution in [0.1, 0.15) is 60.7 Å². The van der Waals surface area contributed by atoms with Gasteiger partial charge < -0.3 is 10.6 Å². The lowest BCUT2D eigenvalue weighted by molar-refractivity contribution is 0.0939. The van der Waals surface area contributed by atoms with Crippen LogP contribution in [0.5, 0.6) is 0 Å². The number of benzene rings is 1. The second-order valence-electron chi connectivity index (χ2n) is 4.97. The van der Waals surface area contributed by atoms with Crippen molar-refractivity contribution in [1.29, 1.82) is 0 Å². The number of carbonyl (C=O) groups is 2. The average Bonchev–Trinajstić information content (AvgIpc) is 2.47. The highest BCUT2D eigenvalue weighted by molar-refractivity contribution is 5.99. The van der Waals surface area contributed by atoms with Crippen LogP contribution in [0, 0.1) is 0 Å². The van der Waals surface area contributed by atoms with E-state index in [9.17, 15) is 9.59 Å². The van der Waals surface area contributed by atoms with Crippen molar-refractivity contribution in [1.82, 2.24) is 10.6 Å². The molecule has 1 atom stereocenters. The zero-order chi connectivity index (χ0) is 15.0. The lowest BCUT2D eigenvalue weighted by Gasteiger charge is -2.12. The molecule has 4 nitrogen and oxygen atoms in total. The topological polar surface area (TPSA) is 58.2 Å². The molecule has 0 aromatic heterocycles. The minimum atomic E-state index is -0.137. The van der Waals surface area contributed by atoms with E-state index >= 15 is 0 Å². The highest BCUT2D eigenvalue weighted by Crippen LogP contribution is 2.06. The summed E-state index contributed by atoms with van der Waals surface area (Å²) in [6, 6.07) is 6.95. The Morgan fingerprint density at radius 2 is 1.80 bits per heavy atom. The third-order valence-electron chi connectivity index (χ3n) is 3.19. The number of carbonyl (C=O) groups excluding carboxylic acids is 2. The molecule has 20 heavy (non-hydrogen) atoms. The van der Waals surface area contributed by atoms with E-state index in [1.807, 2.05) is 13.8 Å². The van der Waals surface area contributed by atoms with Gasteiger partial charge in [-0.3, -0.25) is 9.59 Å². The van der Waals surface area contributed by atoms with Crippen LogP contribution in [-0.2, 0) is 0 Å². The fourth-order valence-corrected chi connectivity index (χ4v) is 1.69. The number of amides is 2. The summed E-state index contributed by atoms with van der Waals surface area (Å²) in [7, 11) is 0. The van der Waals surface area contributed by atoms with E-state index in [-0.39, 0.29) is 17.9 Å². The van der Waals surface area contributed by atoms with Crippen LogP contribution in [0.15, 0.2) is 24.3 Å². The molecule has 2 amide bonds. The number of rotatable bonds is 7. The van der Waals surface area contributed by atoms with Gasteiger partial charge in [0.2, 0.25) is 0 Å². The van der Waals surface area contributed by atoms with Crippen LogP contribution in [0.4, 0.5) is 0 Å². The van der Waals surface area contributed by atoms with Crippen LogP contribution in [0.3, 0.4) is 0 Å². The van der Waals surface area contributed by atoms with Crippen LogP contribution in [-0.4, -0.2) is 24.4 Å².